The van der Waals surface area contributed by atoms with Gasteiger partial charge in [0.1, 0.15) is 11.5 Å². The van der Waals surface area contributed by atoms with Crippen LogP contribution in [0.5, 0.6) is 11.5 Å². The molecule has 166 valence electrons. The molecule has 3 rings (SSSR count). The molecule has 1 aliphatic heterocycles. The molecule has 0 saturated carbocycles. The topological polar surface area (TPSA) is 103 Å². The quantitative estimate of drug-likeness (QED) is 0.381. The average Bonchev–Trinajstić information content (AvgIpc) is 2.76. The maximum Gasteiger partial charge on any atom is 0.325 e. The smallest absolute Gasteiger partial charge is 0.325 e. The molecule has 0 bridgehead atoms. The zero-order chi connectivity index (χ0) is 22.4. The normalized spacial score (nSPS) is 18.9. The number of para-hydroxylation sites is 1. The fourth-order valence-electron chi connectivity index (χ4n) is 3.52. The van der Waals surface area contributed by atoms with E-state index in [0.717, 1.165) is 0 Å². The highest BCUT2D eigenvalue weighted by Crippen LogP contribution is 2.29. The number of hydrogen-bond acceptors (Lipinski definition) is 7. The molecular formula is C22H26ClN3O5. The van der Waals surface area contributed by atoms with E-state index in [1.165, 1.54) is 19.2 Å². The molecule has 1 heterocycles. The molecule has 2 unspecified atom stereocenters. The van der Waals surface area contributed by atoms with E-state index >= 15 is 0 Å². The lowest BCUT2D eigenvalue weighted by Crippen LogP contribution is -2.55. The maximum absolute atomic E-state index is 12.8. The number of methoxy groups -OCH3 is 2. The number of esters is 1. The van der Waals surface area contributed by atoms with Crippen LogP contribution in [0.3, 0.4) is 0 Å². The van der Waals surface area contributed by atoms with Crippen molar-refractivity contribution >= 4 is 29.2 Å². The summed E-state index contributed by atoms with van der Waals surface area (Å²) in [6.45, 7) is 1.22. The standard InChI is InChI=1S/C22H26ClN3O5/c1-29-19-11-17(24)16(23)10-15(19)22(28)25-18-8-9-26(12-20(18)30-2)13-21(27)31-14-6-4-3-5-7-14/h3-7,10-11,18,20H,8-9,12-13,24H2,1-2H3,(H,25,28). The number of nitrogens with zero attached hydrogens (tertiary/aromatic N) is 1. The van der Waals surface area contributed by atoms with E-state index in [4.69, 9.17) is 31.5 Å². The fourth-order valence-corrected chi connectivity index (χ4v) is 3.69. The summed E-state index contributed by atoms with van der Waals surface area (Å²) < 4.78 is 16.2. The van der Waals surface area contributed by atoms with Crippen LogP contribution in [0.4, 0.5) is 5.69 Å². The Bertz CT molecular complexity index is 925. The van der Waals surface area contributed by atoms with Gasteiger partial charge in [-0.25, -0.2) is 0 Å². The van der Waals surface area contributed by atoms with Crippen LogP contribution >= 0.6 is 11.6 Å². The molecular weight excluding hydrogens is 422 g/mol. The van der Waals surface area contributed by atoms with Crippen molar-refractivity contribution in [3.05, 3.63) is 53.1 Å². The van der Waals surface area contributed by atoms with E-state index in [-0.39, 0.29) is 35.6 Å². The van der Waals surface area contributed by atoms with Gasteiger partial charge in [0.25, 0.3) is 5.91 Å². The second kappa shape index (κ2) is 10.5. The molecule has 0 spiro atoms. The number of nitrogens with one attached hydrogen (secondary N) is 1. The van der Waals surface area contributed by atoms with Gasteiger partial charge >= 0.3 is 5.97 Å². The van der Waals surface area contributed by atoms with E-state index in [2.05, 4.69) is 5.32 Å². The molecule has 0 aromatic heterocycles. The Morgan fingerprint density at radius 3 is 2.65 bits per heavy atom. The third-order valence-electron chi connectivity index (χ3n) is 5.15. The van der Waals surface area contributed by atoms with Crippen LogP contribution in [0.1, 0.15) is 16.8 Å². The minimum atomic E-state index is -0.343. The number of anilines is 1. The van der Waals surface area contributed by atoms with Crippen LogP contribution < -0.4 is 20.5 Å². The molecule has 0 radical (unpaired) electrons. The van der Waals surface area contributed by atoms with Crippen LogP contribution in [0.2, 0.25) is 5.02 Å². The lowest BCUT2D eigenvalue weighted by molar-refractivity contribution is -0.136. The van der Waals surface area contributed by atoms with Crippen LogP contribution in [0.15, 0.2) is 42.5 Å². The molecule has 2 atom stereocenters. The fraction of sp³-hybridized carbons (Fsp3) is 0.364. The number of rotatable bonds is 7. The van der Waals surface area contributed by atoms with Gasteiger partial charge in [-0.3, -0.25) is 14.5 Å². The predicted octanol–water partition coefficient (Wildman–Crippen LogP) is 2.36. The van der Waals surface area contributed by atoms with Crippen molar-refractivity contribution in [2.75, 3.05) is 39.6 Å². The molecule has 3 N–H and O–H groups in total. The first-order chi connectivity index (χ1) is 14.9. The minimum Gasteiger partial charge on any atom is -0.496 e. The average molecular weight is 448 g/mol. The van der Waals surface area contributed by atoms with E-state index < -0.39 is 0 Å². The molecule has 9 heteroatoms. The van der Waals surface area contributed by atoms with Gasteiger partial charge in [-0.15, -0.1) is 0 Å². The Morgan fingerprint density at radius 1 is 1.23 bits per heavy atom. The van der Waals surface area contributed by atoms with Crippen LogP contribution in [0, 0.1) is 0 Å². The first-order valence-corrected chi connectivity index (χ1v) is 10.2. The Kier molecular flexibility index (Phi) is 7.73. The van der Waals surface area contributed by atoms with Gasteiger partial charge in [0, 0.05) is 26.3 Å². The van der Waals surface area contributed by atoms with Gasteiger partial charge in [-0.05, 0) is 24.6 Å². The van der Waals surface area contributed by atoms with Gasteiger partial charge in [0.2, 0.25) is 0 Å². The number of halogens is 1. The highest BCUT2D eigenvalue weighted by molar-refractivity contribution is 6.33. The summed E-state index contributed by atoms with van der Waals surface area (Å²) in [4.78, 5) is 27.0. The second-order valence-electron chi connectivity index (χ2n) is 7.24. The summed E-state index contributed by atoms with van der Waals surface area (Å²) >= 11 is 6.08. The minimum absolute atomic E-state index is 0.136. The number of piperidine rings is 1. The number of carbonyl (C=O) groups is 2. The largest absolute Gasteiger partial charge is 0.496 e. The zero-order valence-corrected chi connectivity index (χ0v) is 18.2. The predicted molar refractivity (Wildman–Crippen MR) is 118 cm³/mol. The number of benzene rings is 2. The van der Waals surface area contributed by atoms with Gasteiger partial charge < -0.3 is 25.3 Å². The highest BCUT2D eigenvalue weighted by atomic mass is 35.5. The van der Waals surface area contributed by atoms with Crippen LogP contribution in [0.25, 0.3) is 0 Å². The molecule has 1 aliphatic rings. The highest BCUT2D eigenvalue weighted by Gasteiger charge is 2.32. The van der Waals surface area contributed by atoms with E-state index in [9.17, 15) is 9.59 Å². The lowest BCUT2D eigenvalue weighted by atomic mass is 10.0. The molecule has 0 aliphatic carbocycles. The summed E-state index contributed by atoms with van der Waals surface area (Å²) in [7, 11) is 3.04. The molecule has 31 heavy (non-hydrogen) atoms. The monoisotopic (exact) mass is 447 g/mol. The first kappa shape index (κ1) is 22.9. The number of carbonyl (C=O) groups excluding carboxylic acids is 2. The van der Waals surface area contributed by atoms with Crippen molar-refractivity contribution in [3.63, 3.8) is 0 Å². The van der Waals surface area contributed by atoms with Crippen molar-refractivity contribution in [1.82, 2.24) is 10.2 Å². The molecule has 2 aromatic carbocycles. The number of nitrogens with two attached hydrogens (primary N) is 1. The van der Waals surface area contributed by atoms with Crippen LogP contribution in [-0.4, -0.2) is 62.8 Å². The summed E-state index contributed by atoms with van der Waals surface area (Å²) in [5, 5.41) is 3.26. The van der Waals surface area contributed by atoms with E-state index in [1.54, 1.807) is 31.4 Å². The first-order valence-electron chi connectivity index (χ1n) is 9.86. The van der Waals surface area contributed by atoms with Gasteiger partial charge in [0.15, 0.2) is 0 Å². The molecule has 1 saturated heterocycles. The van der Waals surface area contributed by atoms with Crippen molar-refractivity contribution in [2.24, 2.45) is 0 Å². The summed E-state index contributed by atoms with van der Waals surface area (Å²) in [6.07, 6.45) is 0.311. The Labute approximate surface area is 186 Å². The number of nitrogen functional groups attached to an aromatic ring is 1. The van der Waals surface area contributed by atoms with E-state index in [1.807, 2.05) is 11.0 Å². The molecule has 1 fully saturated rings. The lowest BCUT2D eigenvalue weighted by Gasteiger charge is -2.37. The van der Waals surface area contributed by atoms with Crippen molar-refractivity contribution in [2.45, 2.75) is 18.6 Å². The maximum atomic E-state index is 12.8. The summed E-state index contributed by atoms with van der Waals surface area (Å²) in [6, 6.07) is 11.7. The number of hydrogen-bond donors (Lipinski definition) is 2. The molecule has 1 amide bonds. The van der Waals surface area contributed by atoms with Gasteiger partial charge in [-0.2, -0.15) is 0 Å². The number of likely N-dealkylation sites (tertiary alicyclic amines) is 1. The SMILES string of the molecule is COc1cc(N)c(Cl)cc1C(=O)NC1CCN(CC(=O)Oc2ccccc2)CC1OC. The zero-order valence-electron chi connectivity index (χ0n) is 17.5. The van der Waals surface area contributed by atoms with Gasteiger partial charge in [0.05, 0.1) is 42.1 Å². The van der Waals surface area contributed by atoms with Crippen molar-refractivity contribution in [3.8, 4) is 11.5 Å². The van der Waals surface area contributed by atoms with Gasteiger partial charge in [-0.1, -0.05) is 29.8 Å². The van der Waals surface area contributed by atoms with E-state index in [0.29, 0.717) is 42.3 Å². The Hall–Kier alpha value is -2.81. The second-order valence-corrected chi connectivity index (χ2v) is 7.65. The number of ether oxygens (including phenoxy) is 3. The Balaban J connectivity index is 1.59. The third-order valence-corrected chi connectivity index (χ3v) is 5.48. The van der Waals surface area contributed by atoms with Crippen LogP contribution in [-0.2, 0) is 9.53 Å². The summed E-state index contributed by atoms with van der Waals surface area (Å²) in [5.41, 5.74) is 6.42. The van der Waals surface area contributed by atoms with Crippen molar-refractivity contribution < 1.29 is 23.8 Å². The molecule has 8 nitrogen and oxygen atoms in total. The molecule has 2 aromatic rings. The Morgan fingerprint density at radius 2 is 1.97 bits per heavy atom. The number of amides is 1. The van der Waals surface area contributed by atoms with Crippen molar-refractivity contribution in [1.29, 1.82) is 0 Å². The third kappa shape index (κ3) is 5.88. The summed E-state index contributed by atoms with van der Waals surface area (Å²) in [5.74, 6) is 0.177.